The van der Waals surface area contributed by atoms with Crippen molar-refractivity contribution >= 4 is 26.9 Å². The van der Waals surface area contributed by atoms with Gasteiger partial charge in [-0.3, -0.25) is 4.21 Å². The molecule has 0 radical (unpaired) electrons. The number of benzene rings is 1. The lowest BCUT2D eigenvalue weighted by Gasteiger charge is -2.11. The van der Waals surface area contributed by atoms with Gasteiger partial charge in [-0.2, -0.15) is 18.6 Å². The molecule has 1 rings (SSSR count). The van der Waals surface area contributed by atoms with Crippen molar-refractivity contribution in [1.82, 2.24) is 0 Å². The van der Waals surface area contributed by atoms with E-state index >= 15 is 0 Å². The zero-order valence-corrected chi connectivity index (χ0v) is 9.25. The fraction of sp³-hybridized carbons (Fsp3) is 0. The summed E-state index contributed by atoms with van der Waals surface area (Å²) in [6, 6.07) is 1.57. The molecule has 16 heavy (non-hydrogen) atoms. The van der Waals surface area contributed by atoms with Crippen molar-refractivity contribution in [2.75, 3.05) is 5.73 Å². The van der Waals surface area contributed by atoms with Gasteiger partial charge < -0.3 is 15.4 Å². The van der Waals surface area contributed by atoms with Crippen LogP contribution in [0.3, 0.4) is 0 Å². The Morgan fingerprint density at radius 1 is 1.44 bits per heavy atom. The van der Waals surface area contributed by atoms with Gasteiger partial charge in [-0.05, 0) is 23.2 Å². The SMILES string of the molecule is NOS(=O)(=O)c1cc(S(=O)[O-])cc(N)c1O. The Labute approximate surface area is 93.2 Å². The molecule has 1 atom stereocenters. The van der Waals surface area contributed by atoms with Gasteiger partial charge in [0, 0.05) is 4.90 Å². The van der Waals surface area contributed by atoms with E-state index in [2.05, 4.69) is 10.2 Å². The number of aromatic hydroxyl groups is 1. The molecule has 0 aromatic heterocycles. The van der Waals surface area contributed by atoms with Crippen LogP contribution in [0.2, 0.25) is 0 Å². The Balaban J connectivity index is 3.57. The standard InChI is InChI=1S/C6H8N2O6S2/c7-4-1-3(15(10)11)2-5(6(4)9)16(12,13)14-8/h1-2,9H,7-8H2,(H,10,11)/p-1. The van der Waals surface area contributed by atoms with Crippen molar-refractivity contribution in [3.8, 4) is 5.75 Å². The first kappa shape index (κ1) is 12.9. The molecule has 0 fully saturated rings. The molecular formula is C6H7N2O6S2-. The fourth-order valence-electron chi connectivity index (χ4n) is 0.942. The Morgan fingerprint density at radius 3 is 2.44 bits per heavy atom. The molecule has 0 spiro atoms. The monoisotopic (exact) mass is 267 g/mol. The van der Waals surface area contributed by atoms with E-state index in [1.807, 2.05) is 0 Å². The molecule has 0 aliphatic carbocycles. The predicted octanol–water partition coefficient (Wildman–Crippen LogP) is -1.21. The molecule has 0 saturated heterocycles. The maximum atomic E-state index is 11.2. The van der Waals surface area contributed by atoms with Crippen molar-refractivity contribution < 1.29 is 26.6 Å². The summed E-state index contributed by atoms with van der Waals surface area (Å²) in [5.41, 5.74) is 4.81. The normalized spacial score (nSPS) is 13.6. The highest BCUT2D eigenvalue weighted by atomic mass is 32.2. The van der Waals surface area contributed by atoms with E-state index in [1.54, 1.807) is 0 Å². The highest BCUT2D eigenvalue weighted by molar-refractivity contribution is 7.87. The van der Waals surface area contributed by atoms with E-state index in [4.69, 9.17) is 5.73 Å². The Bertz CT molecular complexity index is 540. The first-order chi connectivity index (χ1) is 7.29. The van der Waals surface area contributed by atoms with Crippen LogP contribution in [0.4, 0.5) is 5.69 Å². The highest BCUT2D eigenvalue weighted by Crippen LogP contribution is 2.32. The largest absolute Gasteiger partial charge is 0.768 e. The number of hydrogen-bond acceptors (Lipinski definition) is 8. The topological polar surface area (TPSA) is 156 Å². The quantitative estimate of drug-likeness (QED) is 0.266. The van der Waals surface area contributed by atoms with Gasteiger partial charge >= 0.3 is 10.1 Å². The van der Waals surface area contributed by atoms with Crippen molar-refractivity contribution in [1.29, 1.82) is 0 Å². The second-order valence-corrected chi connectivity index (χ2v) is 5.13. The summed E-state index contributed by atoms with van der Waals surface area (Å²) in [5, 5.41) is 9.33. The minimum Gasteiger partial charge on any atom is -0.768 e. The van der Waals surface area contributed by atoms with Crippen LogP contribution in [-0.4, -0.2) is 22.3 Å². The van der Waals surface area contributed by atoms with Gasteiger partial charge in [0.15, 0.2) is 5.75 Å². The minimum atomic E-state index is -4.43. The summed E-state index contributed by atoms with van der Waals surface area (Å²) in [6.45, 7) is 0. The van der Waals surface area contributed by atoms with Crippen LogP contribution in [-0.2, 0) is 25.5 Å². The Morgan fingerprint density at radius 2 is 2.00 bits per heavy atom. The molecule has 0 bridgehead atoms. The van der Waals surface area contributed by atoms with Crippen molar-refractivity contribution in [2.24, 2.45) is 5.90 Å². The molecule has 0 aliphatic rings. The van der Waals surface area contributed by atoms with E-state index in [9.17, 15) is 22.3 Å². The van der Waals surface area contributed by atoms with E-state index in [0.717, 1.165) is 6.07 Å². The number of rotatable bonds is 3. The molecule has 8 nitrogen and oxygen atoms in total. The number of phenolic OH excluding ortho intramolecular Hbond substituents is 1. The number of hydrogen-bond donors (Lipinski definition) is 3. The third-order valence-corrected chi connectivity index (χ3v) is 3.39. The maximum absolute atomic E-state index is 11.2. The summed E-state index contributed by atoms with van der Waals surface area (Å²) < 4.78 is 47.3. The van der Waals surface area contributed by atoms with Gasteiger partial charge in [0.05, 0.1) is 5.69 Å². The lowest BCUT2D eigenvalue weighted by Crippen LogP contribution is -2.12. The molecule has 0 saturated carbocycles. The van der Waals surface area contributed by atoms with E-state index < -0.39 is 42.4 Å². The molecule has 0 amide bonds. The molecule has 1 aromatic rings. The first-order valence-electron chi connectivity index (χ1n) is 3.64. The lowest BCUT2D eigenvalue weighted by atomic mass is 10.3. The predicted molar refractivity (Wildman–Crippen MR) is 52.2 cm³/mol. The summed E-state index contributed by atoms with van der Waals surface area (Å²) in [7, 11) is -4.43. The van der Waals surface area contributed by atoms with E-state index in [1.165, 1.54) is 0 Å². The van der Waals surface area contributed by atoms with Crippen molar-refractivity contribution in [3.05, 3.63) is 12.1 Å². The van der Waals surface area contributed by atoms with Crippen molar-refractivity contribution in [3.63, 3.8) is 0 Å². The van der Waals surface area contributed by atoms with Crippen LogP contribution in [0.1, 0.15) is 0 Å². The van der Waals surface area contributed by atoms with Gasteiger partial charge in [-0.25, -0.2) is 0 Å². The third-order valence-electron chi connectivity index (χ3n) is 1.67. The van der Waals surface area contributed by atoms with Crippen LogP contribution in [0.15, 0.2) is 21.9 Å². The van der Waals surface area contributed by atoms with Gasteiger partial charge in [0.25, 0.3) is 0 Å². The van der Waals surface area contributed by atoms with E-state index in [-0.39, 0.29) is 0 Å². The van der Waals surface area contributed by atoms with Crippen molar-refractivity contribution in [2.45, 2.75) is 9.79 Å². The molecule has 0 heterocycles. The Kier molecular flexibility index (Phi) is 3.50. The number of anilines is 1. The molecule has 1 aromatic carbocycles. The summed E-state index contributed by atoms with van der Waals surface area (Å²) >= 11 is -2.70. The van der Waals surface area contributed by atoms with E-state index in [0.29, 0.717) is 6.07 Å². The third kappa shape index (κ3) is 2.31. The van der Waals surface area contributed by atoms with Crippen LogP contribution in [0.5, 0.6) is 5.75 Å². The summed E-state index contributed by atoms with van der Waals surface area (Å²) in [4.78, 5) is -1.22. The van der Waals surface area contributed by atoms with Gasteiger partial charge in [0.1, 0.15) is 4.90 Å². The average Bonchev–Trinajstić information content (AvgIpc) is 2.21. The van der Waals surface area contributed by atoms with Crippen LogP contribution in [0, 0.1) is 0 Å². The number of nitrogens with two attached hydrogens (primary N) is 2. The minimum absolute atomic E-state index is 0.411. The average molecular weight is 267 g/mol. The molecule has 5 N–H and O–H groups in total. The number of phenols is 1. The van der Waals surface area contributed by atoms with Gasteiger partial charge in [-0.1, -0.05) is 0 Å². The molecule has 1 unspecified atom stereocenters. The molecule has 10 heteroatoms. The molecular weight excluding hydrogens is 260 g/mol. The summed E-state index contributed by atoms with van der Waals surface area (Å²) in [5.74, 6) is 3.67. The zero-order valence-electron chi connectivity index (χ0n) is 7.61. The molecule has 0 aliphatic heterocycles. The number of nitrogen functional groups attached to an aromatic ring is 1. The lowest BCUT2D eigenvalue weighted by molar-refractivity contribution is 0.329. The molecule has 90 valence electrons. The second-order valence-electron chi connectivity index (χ2n) is 2.64. The zero-order chi connectivity index (χ0) is 12.5. The first-order valence-corrected chi connectivity index (χ1v) is 6.13. The fourth-order valence-corrected chi connectivity index (χ4v) is 2.18. The van der Waals surface area contributed by atoms with Gasteiger partial charge in [-0.15, -0.1) is 0 Å². The maximum Gasteiger partial charge on any atom is 0.316 e. The second kappa shape index (κ2) is 4.35. The summed E-state index contributed by atoms with van der Waals surface area (Å²) in [6.07, 6.45) is 0. The highest BCUT2D eigenvalue weighted by Gasteiger charge is 2.22. The smallest absolute Gasteiger partial charge is 0.316 e. The van der Waals surface area contributed by atoms with Crippen LogP contribution in [0.25, 0.3) is 0 Å². The Hall–Kier alpha value is -1.20. The van der Waals surface area contributed by atoms with Crippen LogP contribution >= 0.6 is 0 Å². The van der Waals surface area contributed by atoms with Crippen LogP contribution < -0.4 is 11.6 Å². The van der Waals surface area contributed by atoms with Gasteiger partial charge in [0.2, 0.25) is 0 Å².